The molecule has 0 unspecified atom stereocenters. The van der Waals surface area contributed by atoms with E-state index in [1.165, 1.54) is 11.1 Å². The van der Waals surface area contributed by atoms with Gasteiger partial charge in [-0.05, 0) is 36.6 Å². The number of piperazine rings is 1. The van der Waals surface area contributed by atoms with Crippen LogP contribution in [0.25, 0.3) is 0 Å². The lowest BCUT2D eigenvalue weighted by Gasteiger charge is -2.35. The molecule has 0 N–H and O–H groups in total. The van der Waals surface area contributed by atoms with Crippen molar-refractivity contribution in [3.63, 3.8) is 0 Å². The first-order chi connectivity index (χ1) is 12.1. The van der Waals surface area contributed by atoms with Crippen molar-refractivity contribution in [1.82, 2.24) is 9.80 Å². The molecule has 0 atom stereocenters. The number of benzene rings is 2. The van der Waals surface area contributed by atoms with E-state index < -0.39 is 0 Å². The Labute approximate surface area is 150 Å². The summed E-state index contributed by atoms with van der Waals surface area (Å²) < 4.78 is 5.69. The molecule has 1 heterocycles. The molecule has 4 heteroatoms. The summed E-state index contributed by atoms with van der Waals surface area (Å²) in [4.78, 5) is 16.7. The molecule has 0 aliphatic carbocycles. The fourth-order valence-electron chi connectivity index (χ4n) is 3.13. The largest absolute Gasteiger partial charge is 0.484 e. The minimum atomic E-state index is 0.0683. The molecule has 1 fully saturated rings. The number of aryl methyl sites for hydroxylation is 2. The van der Waals surface area contributed by atoms with Crippen LogP contribution in [0.3, 0.4) is 0 Å². The molecule has 1 saturated heterocycles. The lowest BCUT2D eigenvalue weighted by atomic mass is 10.1. The second-order valence-corrected chi connectivity index (χ2v) is 6.64. The van der Waals surface area contributed by atoms with Gasteiger partial charge in [0.15, 0.2) is 6.61 Å². The van der Waals surface area contributed by atoms with Crippen molar-refractivity contribution in [3.8, 4) is 5.75 Å². The summed E-state index contributed by atoms with van der Waals surface area (Å²) in [7, 11) is 0. The van der Waals surface area contributed by atoms with Crippen LogP contribution in [-0.2, 0) is 11.3 Å². The van der Waals surface area contributed by atoms with Crippen LogP contribution in [0.5, 0.6) is 5.75 Å². The Morgan fingerprint density at radius 3 is 2.24 bits per heavy atom. The van der Waals surface area contributed by atoms with Gasteiger partial charge < -0.3 is 9.64 Å². The van der Waals surface area contributed by atoms with Gasteiger partial charge in [-0.3, -0.25) is 9.69 Å². The third-order valence-electron chi connectivity index (χ3n) is 4.82. The van der Waals surface area contributed by atoms with Gasteiger partial charge >= 0.3 is 0 Å². The Morgan fingerprint density at radius 2 is 1.56 bits per heavy atom. The number of carbonyl (C=O) groups is 1. The van der Waals surface area contributed by atoms with Crippen LogP contribution in [-0.4, -0.2) is 48.5 Å². The first kappa shape index (κ1) is 17.5. The number of ether oxygens (including phenoxy) is 1. The molecule has 0 radical (unpaired) electrons. The van der Waals surface area contributed by atoms with E-state index in [4.69, 9.17) is 4.74 Å². The zero-order valence-corrected chi connectivity index (χ0v) is 15.1. The third kappa shape index (κ3) is 4.60. The predicted octanol–water partition coefficient (Wildman–Crippen LogP) is 3.03. The van der Waals surface area contributed by atoms with E-state index in [1.807, 2.05) is 36.1 Å². The molecule has 25 heavy (non-hydrogen) atoms. The molecule has 1 amide bonds. The highest BCUT2D eigenvalue weighted by molar-refractivity contribution is 5.78. The molecule has 2 aromatic rings. The Balaban J connectivity index is 1.46. The topological polar surface area (TPSA) is 32.8 Å². The molecule has 3 rings (SSSR count). The Morgan fingerprint density at radius 1 is 0.920 bits per heavy atom. The summed E-state index contributed by atoms with van der Waals surface area (Å²) in [5.41, 5.74) is 3.75. The summed E-state index contributed by atoms with van der Waals surface area (Å²) in [6, 6.07) is 16.3. The smallest absolute Gasteiger partial charge is 0.260 e. The molecule has 0 saturated carbocycles. The minimum Gasteiger partial charge on any atom is -0.484 e. The van der Waals surface area contributed by atoms with E-state index in [9.17, 15) is 4.79 Å². The van der Waals surface area contributed by atoms with Crippen LogP contribution in [0, 0.1) is 13.8 Å². The molecule has 0 spiro atoms. The normalized spacial score (nSPS) is 15.2. The van der Waals surface area contributed by atoms with Crippen molar-refractivity contribution in [2.24, 2.45) is 0 Å². The van der Waals surface area contributed by atoms with Crippen LogP contribution in [0.1, 0.15) is 16.7 Å². The molecule has 4 nitrogen and oxygen atoms in total. The van der Waals surface area contributed by atoms with Crippen molar-refractivity contribution in [3.05, 3.63) is 65.2 Å². The molecule has 0 aromatic heterocycles. The molecule has 1 aliphatic heterocycles. The van der Waals surface area contributed by atoms with Crippen molar-refractivity contribution >= 4 is 5.91 Å². The highest BCUT2D eigenvalue weighted by atomic mass is 16.5. The van der Waals surface area contributed by atoms with Gasteiger partial charge in [-0.2, -0.15) is 0 Å². The van der Waals surface area contributed by atoms with E-state index in [-0.39, 0.29) is 12.5 Å². The number of rotatable bonds is 5. The number of amides is 1. The lowest BCUT2D eigenvalue weighted by molar-refractivity contribution is -0.135. The summed E-state index contributed by atoms with van der Waals surface area (Å²) in [5.74, 6) is 0.854. The third-order valence-corrected chi connectivity index (χ3v) is 4.82. The lowest BCUT2D eigenvalue weighted by Crippen LogP contribution is -2.49. The van der Waals surface area contributed by atoms with Crippen molar-refractivity contribution in [1.29, 1.82) is 0 Å². The quantitative estimate of drug-likeness (QED) is 0.840. The first-order valence-corrected chi connectivity index (χ1v) is 8.86. The number of hydrogen-bond donors (Lipinski definition) is 0. The van der Waals surface area contributed by atoms with E-state index >= 15 is 0 Å². The molecule has 132 valence electrons. The zero-order chi connectivity index (χ0) is 17.6. The maximum Gasteiger partial charge on any atom is 0.260 e. The standard InChI is InChI=1S/C21H26N2O2/c1-17-7-3-5-9-19(17)15-22-11-13-23(14-12-22)21(24)16-25-20-10-6-4-8-18(20)2/h3-10H,11-16H2,1-2H3. The first-order valence-electron chi connectivity index (χ1n) is 8.86. The molecule has 2 aromatic carbocycles. The maximum absolute atomic E-state index is 12.4. The highest BCUT2D eigenvalue weighted by Gasteiger charge is 2.21. The summed E-state index contributed by atoms with van der Waals surface area (Å²) >= 11 is 0. The molecule has 0 bridgehead atoms. The number of nitrogens with zero attached hydrogens (tertiary/aromatic N) is 2. The van der Waals surface area contributed by atoms with E-state index in [0.29, 0.717) is 0 Å². The minimum absolute atomic E-state index is 0.0683. The second-order valence-electron chi connectivity index (χ2n) is 6.64. The summed E-state index contributed by atoms with van der Waals surface area (Å²) in [6.45, 7) is 8.55. The van der Waals surface area contributed by atoms with Crippen LogP contribution in [0.15, 0.2) is 48.5 Å². The van der Waals surface area contributed by atoms with E-state index in [1.54, 1.807) is 0 Å². The highest BCUT2D eigenvalue weighted by Crippen LogP contribution is 2.17. The molecule has 1 aliphatic rings. The van der Waals surface area contributed by atoms with Crippen LogP contribution in [0.2, 0.25) is 0 Å². The SMILES string of the molecule is Cc1ccccc1CN1CCN(C(=O)COc2ccccc2C)CC1. The fourth-order valence-corrected chi connectivity index (χ4v) is 3.13. The van der Waals surface area contributed by atoms with Gasteiger partial charge in [0.2, 0.25) is 0 Å². The van der Waals surface area contributed by atoms with E-state index in [0.717, 1.165) is 44.0 Å². The molecular formula is C21H26N2O2. The summed E-state index contributed by atoms with van der Waals surface area (Å²) in [5, 5.41) is 0. The number of para-hydroxylation sites is 1. The van der Waals surface area contributed by atoms with Crippen molar-refractivity contribution < 1.29 is 9.53 Å². The van der Waals surface area contributed by atoms with Gasteiger partial charge in [0, 0.05) is 32.7 Å². The van der Waals surface area contributed by atoms with Crippen LogP contribution >= 0.6 is 0 Å². The Bertz CT molecular complexity index is 721. The Kier molecular flexibility index (Phi) is 5.71. The predicted molar refractivity (Wildman–Crippen MR) is 99.7 cm³/mol. The molecular weight excluding hydrogens is 312 g/mol. The van der Waals surface area contributed by atoms with Crippen LogP contribution < -0.4 is 4.74 Å². The van der Waals surface area contributed by atoms with Gasteiger partial charge in [0.25, 0.3) is 5.91 Å². The average Bonchev–Trinajstić information content (AvgIpc) is 2.63. The van der Waals surface area contributed by atoms with Gasteiger partial charge in [0.05, 0.1) is 0 Å². The van der Waals surface area contributed by atoms with Gasteiger partial charge in [-0.1, -0.05) is 42.5 Å². The van der Waals surface area contributed by atoms with Gasteiger partial charge in [-0.25, -0.2) is 0 Å². The second kappa shape index (κ2) is 8.17. The number of hydrogen-bond acceptors (Lipinski definition) is 3. The van der Waals surface area contributed by atoms with Crippen molar-refractivity contribution in [2.45, 2.75) is 20.4 Å². The summed E-state index contributed by atoms with van der Waals surface area (Å²) in [6.07, 6.45) is 0. The van der Waals surface area contributed by atoms with Crippen molar-refractivity contribution in [2.75, 3.05) is 32.8 Å². The van der Waals surface area contributed by atoms with Gasteiger partial charge in [0.1, 0.15) is 5.75 Å². The fraction of sp³-hybridized carbons (Fsp3) is 0.381. The maximum atomic E-state index is 12.4. The Hall–Kier alpha value is -2.33. The number of carbonyl (C=O) groups excluding carboxylic acids is 1. The monoisotopic (exact) mass is 338 g/mol. The average molecular weight is 338 g/mol. The van der Waals surface area contributed by atoms with E-state index in [2.05, 4.69) is 36.1 Å². The van der Waals surface area contributed by atoms with Gasteiger partial charge in [-0.15, -0.1) is 0 Å². The van der Waals surface area contributed by atoms with Crippen LogP contribution in [0.4, 0.5) is 0 Å². The zero-order valence-electron chi connectivity index (χ0n) is 15.1.